The summed E-state index contributed by atoms with van der Waals surface area (Å²) in [5.74, 6) is 2.44. The molecule has 2 aromatic rings. The molecular formula is C11H13N3S. The standard InChI is InChI=1S/C11H13N3S/c12-9-2-1-8-6-14(13-11(8)5-9)10-3-4-15-7-10/h1-2,5-6,10H,3-4,7,12H2. The van der Waals surface area contributed by atoms with Crippen molar-refractivity contribution in [2.75, 3.05) is 17.2 Å². The summed E-state index contributed by atoms with van der Waals surface area (Å²) in [7, 11) is 0. The van der Waals surface area contributed by atoms with E-state index in [1.807, 2.05) is 30.0 Å². The van der Waals surface area contributed by atoms with Gasteiger partial charge in [-0.25, -0.2) is 0 Å². The Labute approximate surface area is 92.6 Å². The van der Waals surface area contributed by atoms with Crippen LogP contribution in [0.2, 0.25) is 0 Å². The largest absolute Gasteiger partial charge is 0.399 e. The molecular weight excluding hydrogens is 206 g/mol. The fourth-order valence-electron chi connectivity index (χ4n) is 1.97. The van der Waals surface area contributed by atoms with Crippen LogP contribution in [-0.2, 0) is 0 Å². The van der Waals surface area contributed by atoms with Gasteiger partial charge in [-0.3, -0.25) is 4.68 Å². The number of hydrogen-bond acceptors (Lipinski definition) is 3. The summed E-state index contributed by atoms with van der Waals surface area (Å²) >= 11 is 2.00. The minimum atomic E-state index is 0.573. The predicted molar refractivity (Wildman–Crippen MR) is 65.1 cm³/mol. The first-order valence-corrected chi connectivity index (χ1v) is 6.30. The van der Waals surface area contributed by atoms with Crippen molar-refractivity contribution in [1.29, 1.82) is 0 Å². The molecule has 1 unspecified atom stereocenters. The zero-order valence-electron chi connectivity index (χ0n) is 8.39. The minimum absolute atomic E-state index is 0.573. The van der Waals surface area contributed by atoms with Crippen LogP contribution in [0.4, 0.5) is 5.69 Å². The second-order valence-corrected chi connectivity index (χ2v) is 5.09. The first-order valence-electron chi connectivity index (χ1n) is 5.15. The van der Waals surface area contributed by atoms with Crippen LogP contribution in [0, 0.1) is 0 Å². The summed E-state index contributed by atoms with van der Waals surface area (Å²) in [5.41, 5.74) is 7.53. The molecule has 0 radical (unpaired) electrons. The molecule has 4 heteroatoms. The van der Waals surface area contributed by atoms with Gasteiger partial charge < -0.3 is 5.73 Å². The molecule has 0 saturated carbocycles. The van der Waals surface area contributed by atoms with Crippen LogP contribution in [0.15, 0.2) is 24.4 Å². The van der Waals surface area contributed by atoms with Gasteiger partial charge in [-0.2, -0.15) is 16.9 Å². The molecule has 1 fully saturated rings. The zero-order chi connectivity index (χ0) is 10.3. The number of rotatable bonds is 1. The van der Waals surface area contributed by atoms with Crippen LogP contribution < -0.4 is 5.73 Å². The van der Waals surface area contributed by atoms with E-state index >= 15 is 0 Å². The number of thioether (sulfide) groups is 1. The number of nitrogens with two attached hydrogens (primary N) is 1. The summed E-state index contributed by atoms with van der Waals surface area (Å²) in [6, 6.07) is 6.48. The second kappa shape index (κ2) is 3.45. The van der Waals surface area contributed by atoms with E-state index in [4.69, 9.17) is 5.73 Å². The van der Waals surface area contributed by atoms with Crippen molar-refractivity contribution < 1.29 is 0 Å². The van der Waals surface area contributed by atoms with Crippen LogP contribution in [0.3, 0.4) is 0 Å². The molecule has 3 nitrogen and oxygen atoms in total. The maximum atomic E-state index is 5.73. The van der Waals surface area contributed by atoms with E-state index in [-0.39, 0.29) is 0 Å². The predicted octanol–water partition coefficient (Wildman–Crippen LogP) is 2.30. The molecule has 1 atom stereocenters. The molecule has 0 bridgehead atoms. The Kier molecular flexibility index (Phi) is 2.09. The number of nitrogen functional groups attached to an aromatic ring is 1. The van der Waals surface area contributed by atoms with Crippen LogP contribution in [0.5, 0.6) is 0 Å². The lowest BCUT2D eigenvalue weighted by Gasteiger charge is -2.07. The van der Waals surface area contributed by atoms with Gasteiger partial charge in [0.1, 0.15) is 0 Å². The summed E-state index contributed by atoms with van der Waals surface area (Å²) < 4.78 is 2.10. The lowest BCUT2D eigenvalue weighted by Crippen LogP contribution is -2.07. The molecule has 2 N–H and O–H groups in total. The van der Waals surface area contributed by atoms with E-state index in [1.165, 1.54) is 23.3 Å². The van der Waals surface area contributed by atoms with Gasteiger partial charge in [0.2, 0.25) is 0 Å². The molecule has 15 heavy (non-hydrogen) atoms. The van der Waals surface area contributed by atoms with Crippen molar-refractivity contribution in [3.63, 3.8) is 0 Å². The molecule has 1 aliphatic heterocycles. The topological polar surface area (TPSA) is 43.8 Å². The smallest absolute Gasteiger partial charge is 0.0943 e. The van der Waals surface area contributed by atoms with E-state index in [1.54, 1.807) is 0 Å². The zero-order valence-corrected chi connectivity index (χ0v) is 9.20. The van der Waals surface area contributed by atoms with E-state index < -0.39 is 0 Å². The van der Waals surface area contributed by atoms with Gasteiger partial charge in [-0.05, 0) is 30.4 Å². The summed E-state index contributed by atoms with van der Waals surface area (Å²) in [6.07, 6.45) is 3.36. The first kappa shape index (κ1) is 9.09. The highest BCUT2D eigenvalue weighted by Crippen LogP contribution is 2.28. The average Bonchev–Trinajstić information content (AvgIpc) is 2.84. The highest BCUT2D eigenvalue weighted by Gasteiger charge is 2.18. The Hall–Kier alpha value is -1.16. The van der Waals surface area contributed by atoms with E-state index in [2.05, 4.69) is 16.0 Å². The van der Waals surface area contributed by atoms with Crippen molar-refractivity contribution in [1.82, 2.24) is 9.78 Å². The molecule has 78 valence electrons. The molecule has 1 aromatic heterocycles. The van der Waals surface area contributed by atoms with Gasteiger partial charge in [0.25, 0.3) is 0 Å². The van der Waals surface area contributed by atoms with Crippen molar-refractivity contribution >= 4 is 28.4 Å². The number of hydrogen-bond donors (Lipinski definition) is 1. The Morgan fingerprint density at radius 2 is 2.40 bits per heavy atom. The maximum Gasteiger partial charge on any atom is 0.0943 e. The van der Waals surface area contributed by atoms with Gasteiger partial charge in [-0.15, -0.1) is 0 Å². The molecule has 0 amide bonds. The van der Waals surface area contributed by atoms with E-state index in [0.29, 0.717) is 6.04 Å². The van der Waals surface area contributed by atoms with Gasteiger partial charge in [0.15, 0.2) is 0 Å². The van der Waals surface area contributed by atoms with Crippen molar-refractivity contribution in [3.8, 4) is 0 Å². The molecule has 0 aliphatic carbocycles. The van der Waals surface area contributed by atoms with Crippen molar-refractivity contribution in [2.24, 2.45) is 0 Å². The maximum absolute atomic E-state index is 5.73. The highest BCUT2D eigenvalue weighted by molar-refractivity contribution is 7.99. The molecule has 1 aliphatic rings. The molecule has 3 rings (SSSR count). The number of anilines is 1. The van der Waals surface area contributed by atoms with Crippen LogP contribution in [-0.4, -0.2) is 21.3 Å². The van der Waals surface area contributed by atoms with Crippen LogP contribution in [0.25, 0.3) is 10.9 Å². The first-order chi connectivity index (χ1) is 7.33. The van der Waals surface area contributed by atoms with Crippen molar-refractivity contribution in [3.05, 3.63) is 24.4 Å². The average molecular weight is 219 g/mol. The minimum Gasteiger partial charge on any atom is -0.399 e. The molecule has 1 saturated heterocycles. The highest BCUT2D eigenvalue weighted by atomic mass is 32.2. The molecule has 1 aromatic carbocycles. The number of fused-ring (bicyclic) bond motifs is 1. The van der Waals surface area contributed by atoms with Gasteiger partial charge in [0, 0.05) is 23.0 Å². The monoisotopic (exact) mass is 219 g/mol. The van der Waals surface area contributed by atoms with Crippen LogP contribution >= 0.6 is 11.8 Å². The second-order valence-electron chi connectivity index (χ2n) is 3.94. The molecule has 2 heterocycles. The summed E-state index contributed by atoms with van der Waals surface area (Å²) in [4.78, 5) is 0. The van der Waals surface area contributed by atoms with E-state index in [0.717, 1.165) is 11.2 Å². The number of aromatic nitrogens is 2. The van der Waals surface area contributed by atoms with Gasteiger partial charge in [0.05, 0.1) is 11.6 Å². The third kappa shape index (κ3) is 1.59. The lowest BCUT2D eigenvalue weighted by atomic mass is 10.2. The Morgan fingerprint density at radius 3 is 3.20 bits per heavy atom. The normalized spacial score (nSPS) is 21.2. The Balaban J connectivity index is 2.05. The number of benzene rings is 1. The summed E-state index contributed by atoms with van der Waals surface area (Å²) in [6.45, 7) is 0. The van der Waals surface area contributed by atoms with Gasteiger partial charge >= 0.3 is 0 Å². The molecule has 0 spiro atoms. The Bertz CT molecular complexity index is 486. The van der Waals surface area contributed by atoms with Crippen LogP contribution in [0.1, 0.15) is 12.5 Å². The van der Waals surface area contributed by atoms with Crippen molar-refractivity contribution in [2.45, 2.75) is 12.5 Å². The summed E-state index contributed by atoms with van der Waals surface area (Å²) in [5, 5.41) is 5.76. The van der Waals surface area contributed by atoms with E-state index in [9.17, 15) is 0 Å². The SMILES string of the molecule is Nc1ccc2cn(C3CCSC3)nc2c1. The quantitative estimate of drug-likeness (QED) is 0.748. The number of nitrogens with zero attached hydrogens (tertiary/aromatic N) is 2. The lowest BCUT2D eigenvalue weighted by molar-refractivity contribution is 0.506. The van der Waals surface area contributed by atoms with Gasteiger partial charge in [-0.1, -0.05) is 0 Å². The third-order valence-electron chi connectivity index (χ3n) is 2.83. The Morgan fingerprint density at radius 1 is 1.47 bits per heavy atom. The fraction of sp³-hybridized carbons (Fsp3) is 0.364. The third-order valence-corrected chi connectivity index (χ3v) is 3.97. The fourth-order valence-corrected chi connectivity index (χ4v) is 3.17.